The van der Waals surface area contributed by atoms with Gasteiger partial charge >= 0.3 is 0 Å². The Bertz CT molecular complexity index is 509. The summed E-state index contributed by atoms with van der Waals surface area (Å²) in [4.78, 5) is 0.0691. The first kappa shape index (κ1) is 11.0. The minimum atomic E-state index is -0.410. The fourth-order valence-corrected chi connectivity index (χ4v) is 2.05. The molecule has 1 aromatic carbocycles. The van der Waals surface area contributed by atoms with Crippen LogP contribution < -0.4 is 11.1 Å². The van der Waals surface area contributed by atoms with Crippen molar-refractivity contribution in [2.45, 2.75) is 0 Å². The van der Waals surface area contributed by atoms with Crippen molar-refractivity contribution in [3.63, 3.8) is 0 Å². The first-order chi connectivity index (χ1) is 7.66. The van der Waals surface area contributed by atoms with Crippen LogP contribution in [0.15, 0.2) is 35.0 Å². The standard InChI is InChI=1S/C11H9FN2S2/c12-10-5-7(1-2-9(10)11(13)15)14-8-3-4-16-6-8/h1-6,14H,(H2,13,15). The number of nitrogens with two attached hydrogens (primary N) is 1. The van der Waals surface area contributed by atoms with E-state index in [2.05, 4.69) is 5.32 Å². The molecule has 16 heavy (non-hydrogen) atoms. The van der Waals surface area contributed by atoms with Crippen LogP contribution in [0.2, 0.25) is 0 Å². The highest BCUT2D eigenvalue weighted by molar-refractivity contribution is 7.80. The molecule has 0 spiro atoms. The summed E-state index contributed by atoms with van der Waals surface area (Å²) >= 11 is 6.30. The number of hydrogen-bond acceptors (Lipinski definition) is 3. The van der Waals surface area contributed by atoms with E-state index < -0.39 is 5.82 Å². The number of nitrogens with one attached hydrogen (secondary N) is 1. The van der Waals surface area contributed by atoms with Crippen LogP contribution in [0.5, 0.6) is 0 Å². The van der Waals surface area contributed by atoms with Crippen LogP contribution in [0.3, 0.4) is 0 Å². The fraction of sp³-hybridized carbons (Fsp3) is 0. The summed E-state index contributed by atoms with van der Waals surface area (Å²) in [5, 5.41) is 6.97. The highest BCUT2D eigenvalue weighted by Crippen LogP contribution is 2.21. The van der Waals surface area contributed by atoms with E-state index in [0.29, 0.717) is 5.69 Å². The fourth-order valence-electron chi connectivity index (χ4n) is 1.29. The molecule has 1 aromatic heterocycles. The van der Waals surface area contributed by atoms with Crippen LogP contribution in [0.4, 0.5) is 15.8 Å². The maximum absolute atomic E-state index is 13.5. The lowest BCUT2D eigenvalue weighted by molar-refractivity contribution is 0.626. The number of benzene rings is 1. The molecule has 2 rings (SSSR count). The number of hydrogen-bond donors (Lipinski definition) is 2. The molecular formula is C11H9FN2S2. The second-order valence-corrected chi connectivity index (χ2v) is 4.42. The van der Waals surface area contributed by atoms with Gasteiger partial charge in [-0.3, -0.25) is 0 Å². The molecule has 1 heterocycles. The quantitative estimate of drug-likeness (QED) is 0.823. The van der Waals surface area contributed by atoms with E-state index in [1.165, 1.54) is 6.07 Å². The van der Waals surface area contributed by atoms with Crippen molar-refractivity contribution in [1.29, 1.82) is 0 Å². The lowest BCUT2D eigenvalue weighted by Crippen LogP contribution is -2.11. The Hall–Kier alpha value is -1.46. The highest BCUT2D eigenvalue weighted by Gasteiger charge is 2.05. The average Bonchev–Trinajstić information content (AvgIpc) is 2.70. The molecule has 82 valence electrons. The maximum Gasteiger partial charge on any atom is 0.135 e. The van der Waals surface area contributed by atoms with E-state index in [0.717, 1.165) is 5.69 Å². The van der Waals surface area contributed by atoms with E-state index in [-0.39, 0.29) is 10.6 Å². The van der Waals surface area contributed by atoms with Gasteiger partial charge in [0.05, 0.1) is 0 Å². The van der Waals surface area contributed by atoms with Crippen LogP contribution in [-0.4, -0.2) is 4.99 Å². The van der Waals surface area contributed by atoms with Gasteiger partial charge in [0.15, 0.2) is 0 Å². The molecule has 0 aliphatic heterocycles. The van der Waals surface area contributed by atoms with Gasteiger partial charge in [0.25, 0.3) is 0 Å². The van der Waals surface area contributed by atoms with Crippen molar-refractivity contribution in [1.82, 2.24) is 0 Å². The third-order valence-electron chi connectivity index (χ3n) is 2.04. The summed E-state index contributed by atoms with van der Waals surface area (Å²) in [6.07, 6.45) is 0. The van der Waals surface area contributed by atoms with Gasteiger partial charge in [-0.2, -0.15) is 11.3 Å². The van der Waals surface area contributed by atoms with Gasteiger partial charge in [-0.15, -0.1) is 0 Å². The van der Waals surface area contributed by atoms with E-state index in [1.54, 1.807) is 23.5 Å². The van der Waals surface area contributed by atoms with Gasteiger partial charge in [-0.05, 0) is 29.6 Å². The summed E-state index contributed by atoms with van der Waals surface area (Å²) in [5.74, 6) is -0.410. The van der Waals surface area contributed by atoms with Gasteiger partial charge in [0, 0.05) is 22.3 Å². The van der Waals surface area contributed by atoms with Gasteiger partial charge in [0.2, 0.25) is 0 Å². The topological polar surface area (TPSA) is 38.0 Å². The van der Waals surface area contributed by atoms with E-state index in [4.69, 9.17) is 18.0 Å². The Morgan fingerprint density at radius 3 is 2.69 bits per heavy atom. The molecule has 0 unspecified atom stereocenters. The molecule has 0 amide bonds. The predicted octanol–water partition coefficient (Wildman–Crippen LogP) is 3.27. The van der Waals surface area contributed by atoms with Crippen LogP contribution in [0.25, 0.3) is 0 Å². The van der Waals surface area contributed by atoms with Crippen molar-refractivity contribution in [2.24, 2.45) is 5.73 Å². The second-order valence-electron chi connectivity index (χ2n) is 3.20. The molecule has 0 fully saturated rings. The minimum Gasteiger partial charge on any atom is -0.389 e. The summed E-state index contributed by atoms with van der Waals surface area (Å²) in [6, 6.07) is 6.62. The zero-order valence-corrected chi connectivity index (χ0v) is 9.87. The number of halogens is 1. The maximum atomic E-state index is 13.5. The molecular weight excluding hydrogens is 243 g/mol. The lowest BCUT2D eigenvalue weighted by atomic mass is 10.2. The van der Waals surface area contributed by atoms with Crippen LogP contribution in [0, 0.1) is 5.82 Å². The van der Waals surface area contributed by atoms with Crippen molar-refractivity contribution < 1.29 is 4.39 Å². The normalized spacial score (nSPS) is 10.1. The first-order valence-electron chi connectivity index (χ1n) is 4.55. The zero-order chi connectivity index (χ0) is 11.5. The molecule has 0 bridgehead atoms. The molecule has 0 saturated carbocycles. The van der Waals surface area contributed by atoms with Crippen LogP contribution in [0.1, 0.15) is 5.56 Å². The monoisotopic (exact) mass is 252 g/mol. The van der Waals surface area contributed by atoms with E-state index in [9.17, 15) is 4.39 Å². The van der Waals surface area contributed by atoms with Crippen molar-refractivity contribution in [3.05, 3.63) is 46.4 Å². The third kappa shape index (κ3) is 2.37. The van der Waals surface area contributed by atoms with E-state index >= 15 is 0 Å². The average molecular weight is 252 g/mol. The summed E-state index contributed by atoms with van der Waals surface area (Å²) in [5.41, 5.74) is 7.26. The number of thiocarbonyl (C=S) groups is 1. The molecule has 0 saturated heterocycles. The summed E-state index contributed by atoms with van der Waals surface area (Å²) in [6.45, 7) is 0. The Morgan fingerprint density at radius 1 is 1.31 bits per heavy atom. The largest absolute Gasteiger partial charge is 0.389 e. The molecule has 2 nitrogen and oxygen atoms in total. The first-order valence-corrected chi connectivity index (χ1v) is 5.90. The number of thiophene rings is 1. The minimum absolute atomic E-state index is 0.0691. The van der Waals surface area contributed by atoms with Gasteiger partial charge < -0.3 is 11.1 Å². The Morgan fingerprint density at radius 2 is 2.12 bits per heavy atom. The van der Waals surface area contributed by atoms with Gasteiger partial charge in [-0.1, -0.05) is 12.2 Å². The summed E-state index contributed by atoms with van der Waals surface area (Å²) in [7, 11) is 0. The van der Waals surface area contributed by atoms with Crippen molar-refractivity contribution in [3.8, 4) is 0 Å². The van der Waals surface area contributed by atoms with Crippen molar-refractivity contribution in [2.75, 3.05) is 5.32 Å². The molecule has 2 aromatic rings. The summed E-state index contributed by atoms with van der Waals surface area (Å²) < 4.78 is 13.5. The Labute approximate surface area is 102 Å². The SMILES string of the molecule is NC(=S)c1ccc(Nc2ccsc2)cc1F. The third-order valence-corrected chi connectivity index (χ3v) is 2.95. The second kappa shape index (κ2) is 4.59. The lowest BCUT2D eigenvalue weighted by Gasteiger charge is -2.06. The number of rotatable bonds is 3. The molecule has 3 N–H and O–H groups in total. The zero-order valence-electron chi connectivity index (χ0n) is 8.24. The molecule has 0 aliphatic rings. The van der Waals surface area contributed by atoms with Crippen molar-refractivity contribution >= 4 is 39.9 Å². The highest BCUT2D eigenvalue weighted by atomic mass is 32.1. The Balaban J connectivity index is 2.24. The smallest absolute Gasteiger partial charge is 0.135 e. The van der Waals surface area contributed by atoms with Crippen LogP contribution in [-0.2, 0) is 0 Å². The molecule has 0 atom stereocenters. The molecule has 5 heteroatoms. The predicted molar refractivity (Wildman–Crippen MR) is 69.9 cm³/mol. The van der Waals surface area contributed by atoms with Gasteiger partial charge in [-0.25, -0.2) is 4.39 Å². The molecule has 0 aliphatic carbocycles. The van der Waals surface area contributed by atoms with Gasteiger partial charge in [0.1, 0.15) is 10.8 Å². The Kier molecular flexibility index (Phi) is 3.17. The number of anilines is 2. The molecule has 0 radical (unpaired) electrons. The van der Waals surface area contributed by atoms with E-state index in [1.807, 2.05) is 16.8 Å². The van der Waals surface area contributed by atoms with Crippen LogP contribution >= 0.6 is 23.6 Å².